The number of hydrogen-bond acceptors (Lipinski definition) is 6. The first-order valence-electron chi connectivity index (χ1n) is 5.71. The van der Waals surface area contributed by atoms with Crippen molar-refractivity contribution >= 4 is 40.6 Å². The highest BCUT2D eigenvalue weighted by atomic mass is 32.2. The highest BCUT2D eigenvalue weighted by Gasteiger charge is 2.10. The van der Waals surface area contributed by atoms with Gasteiger partial charge in [0.05, 0.1) is 5.75 Å². The molecule has 19 heavy (non-hydrogen) atoms. The molecule has 2 rings (SSSR count). The van der Waals surface area contributed by atoms with Crippen LogP contribution in [0.15, 0.2) is 26.9 Å². The van der Waals surface area contributed by atoms with Crippen LogP contribution in [0.4, 0.5) is 0 Å². The molecule has 2 aromatic rings. The lowest BCUT2D eigenvalue weighted by molar-refractivity contribution is 0.102. The standard InChI is InChI=1S/C13H14N2OS3/c1-8-4-5-10(6-9(8)2)11(16)7-18-13-15-14-12(17-3)19-13/h4-6H,7H2,1-3H3. The molecule has 1 aromatic carbocycles. The highest BCUT2D eigenvalue weighted by molar-refractivity contribution is 8.03. The maximum Gasteiger partial charge on any atom is 0.175 e. The summed E-state index contributed by atoms with van der Waals surface area (Å²) < 4.78 is 1.78. The predicted molar refractivity (Wildman–Crippen MR) is 82.7 cm³/mol. The first kappa shape index (κ1) is 14.6. The molecule has 3 nitrogen and oxygen atoms in total. The van der Waals surface area contributed by atoms with Crippen molar-refractivity contribution in [3.8, 4) is 0 Å². The van der Waals surface area contributed by atoms with E-state index in [9.17, 15) is 4.79 Å². The van der Waals surface area contributed by atoms with Gasteiger partial charge in [0.2, 0.25) is 0 Å². The minimum atomic E-state index is 0.133. The number of aromatic nitrogens is 2. The van der Waals surface area contributed by atoms with Crippen molar-refractivity contribution in [1.82, 2.24) is 10.2 Å². The Hall–Kier alpha value is -0.850. The molecule has 0 spiro atoms. The van der Waals surface area contributed by atoms with Crippen LogP contribution in [0.3, 0.4) is 0 Å². The van der Waals surface area contributed by atoms with Crippen LogP contribution in [-0.4, -0.2) is 28.0 Å². The number of rotatable bonds is 5. The average Bonchev–Trinajstić information content (AvgIpc) is 2.87. The predicted octanol–water partition coefficient (Wildman–Crippen LogP) is 3.85. The fraction of sp³-hybridized carbons (Fsp3) is 0.308. The molecule has 0 saturated heterocycles. The smallest absolute Gasteiger partial charge is 0.175 e. The number of hydrogen-bond donors (Lipinski definition) is 0. The third-order valence-corrected chi connectivity index (χ3v) is 5.75. The minimum Gasteiger partial charge on any atom is -0.293 e. The summed E-state index contributed by atoms with van der Waals surface area (Å²) in [5.41, 5.74) is 3.12. The Morgan fingerprint density at radius 1 is 1.21 bits per heavy atom. The van der Waals surface area contributed by atoms with Crippen LogP contribution < -0.4 is 0 Å². The van der Waals surface area contributed by atoms with Gasteiger partial charge in [-0.15, -0.1) is 10.2 Å². The van der Waals surface area contributed by atoms with E-state index >= 15 is 0 Å². The van der Waals surface area contributed by atoms with Gasteiger partial charge in [0.15, 0.2) is 14.5 Å². The highest BCUT2D eigenvalue weighted by Crippen LogP contribution is 2.27. The van der Waals surface area contributed by atoms with Crippen LogP contribution in [-0.2, 0) is 0 Å². The van der Waals surface area contributed by atoms with Crippen LogP contribution in [0.5, 0.6) is 0 Å². The number of ketones is 1. The molecule has 1 aromatic heterocycles. The van der Waals surface area contributed by atoms with Crippen LogP contribution in [0.25, 0.3) is 0 Å². The normalized spacial score (nSPS) is 10.7. The van der Waals surface area contributed by atoms with E-state index in [1.54, 1.807) is 11.8 Å². The minimum absolute atomic E-state index is 0.133. The zero-order chi connectivity index (χ0) is 13.8. The Morgan fingerprint density at radius 2 is 1.95 bits per heavy atom. The largest absolute Gasteiger partial charge is 0.293 e. The maximum absolute atomic E-state index is 12.1. The molecule has 0 aliphatic heterocycles. The molecule has 0 fully saturated rings. The summed E-state index contributed by atoms with van der Waals surface area (Å²) in [6.45, 7) is 4.07. The van der Waals surface area contributed by atoms with Crippen molar-refractivity contribution in [2.24, 2.45) is 0 Å². The Morgan fingerprint density at radius 3 is 2.58 bits per heavy atom. The Kier molecular flexibility index (Phi) is 5.01. The molecule has 0 amide bonds. The van der Waals surface area contributed by atoms with Gasteiger partial charge in [-0.25, -0.2) is 0 Å². The summed E-state index contributed by atoms with van der Waals surface area (Å²) in [4.78, 5) is 12.1. The van der Waals surface area contributed by atoms with E-state index in [1.807, 2.05) is 38.3 Å². The molecule has 0 aliphatic rings. The zero-order valence-electron chi connectivity index (χ0n) is 11.0. The topological polar surface area (TPSA) is 42.9 Å². The van der Waals surface area contributed by atoms with Crippen molar-refractivity contribution in [2.75, 3.05) is 12.0 Å². The van der Waals surface area contributed by atoms with Crippen LogP contribution in [0.1, 0.15) is 21.5 Å². The number of carbonyl (C=O) groups is 1. The van der Waals surface area contributed by atoms with E-state index in [-0.39, 0.29) is 5.78 Å². The van der Waals surface area contributed by atoms with Gasteiger partial charge < -0.3 is 0 Å². The SMILES string of the molecule is CSc1nnc(SCC(=O)c2ccc(C)c(C)c2)s1. The second-order valence-corrected chi connectivity index (χ2v) is 7.30. The van der Waals surface area contributed by atoms with Gasteiger partial charge in [0.25, 0.3) is 0 Å². The molecule has 0 aliphatic carbocycles. The van der Waals surface area contributed by atoms with E-state index in [2.05, 4.69) is 10.2 Å². The number of Topliss-reactive ketones (excluding diaryl/α,β-unsaturated/α-hetero) is 1. The second kappa shape index (κ2) is 6.54. The molecule has 1 heterocycles. The molecule has 100 valence electrons. The first-order valence-corrected chi connectivity index (χ1v) is 8.73. The number of thioether (sulfide) groups is 2. The van der Waals surface area contributed by atoms with Gasteiger partial charge in [-0.3, -0.25) is 4.79 Å². The average molecular weight is 310 g/mol. The lowest BCUT2D eigenvalue weighted by Crippen LogP contribution is -2.03. The first-order chi connectivity index (χ1) is 9.10. The molecular formula is C13H14N2OS3. The Balaban J connectivity index is 1.99. The quantitative estimate of drug-likeness (QED) is 0.620. The fourth-order valence-corrected chi connectivity index (χ4v) is 3.80. The fourth-order valence-electron chi connectivity index (χ4n) is 1.46. The van der Waals surface area contributed by atoms with Gasteiger partial charge in [-0.2, -0.15) is 0 Å². The van der Waals surface area contributed by atoms with Gasteiger partial charge in [-0.05, 0) is 37.3 Å². The molecule has 0 atom stereocenters. The third kappa shape index (κ3) is 3.81. The van der Waals surface area contributed by atoms with Crippen molar-refractivity contribution in [3.05, 3.63) is 34.9 Å². The number of aryl methyl sites for hydroxylation is 2. The number of benzene rings is 1. The van der Waals surface area contributed by atoms with E-state index in [4.69, 9.17) is 0 Å². The van der Waals surface area contributed by atoms with E-state index < -0.39 is 0 Å². The van der Waals surface area contributed by atoms with Gasteiger partial charge >= 0.3 is 0 Å². The van der Waals surface area contributed by atoms with E-state index in [0.717, 1.165) is 19.8 Å². The van der Waals surface area contributed by atoms with Crippen molar-refractivity contribution < 1.29 is 4.79 Å². The summed E-state index contributed by atoms with van der Waals surface area (Å²) >= 11 is 4.55. The van der Waals surface area contributed by atoms with Gasteiger partial charge in [0, 0.05) is 5.56 Å². The summed E-state index contributed by atoms with van der Waals surface area (Å²) in [6, 6.07) is 5.83. The monoisotopic (exact) mass is 310 g/mol. The Labute approximate surface area is 125 Å². The van der Waals surface area contributed by atoms with Crippen LogP contribution >= 0.6 is 34.9 Å². The van der Waals surface area contributed by atoms with Gasteiger partial charge in [0.1, 0.15) is 0 Å². The molecule has 0 unspecified atom stereocenters. The van der Waals surface area contributed by atoms with Gasteiger partial charge in [-0.1, -0.05) is 47.0 Å². The number of nitrogens with zero attached hydrogens (tertiary/aromatic N) is 2. The van der Waals surface area contributed by atoms with Crippen LogP contribution in [0.2, 0.25) is 0 Å². The van der Waals surface area contributed by atoms with E-state index in [1.165, 1.54) is 28.7 Å². The molecule has 0 bridgehead atoms. The molecule has 0 N–H and O–H groups in total. The Bertz CT molecular complexity index is 595. The summed E-state index contributed by atoms with van der Waals surface area (Å²) in [5.74, 6) is 0.542. The maximum atomic E-state index is 12.1. The number of carbonyl (C=O) groups excluding carboxylic acids is 1. The van der Waals surface area contributed by atoms with Crippen molar-refractivity contribution in [1.29, 1.82) is 0 Å². The summed E-state index contributed by atoms with van der Waals surface area (Å²) in [7, 11) is 0. The molecule has 6 heteroatoms. The van der Waals surface area contributed by atoms with Crippen molar-refractivity contribution in [3.63, 3.8) is 0 Å². The molecule has 0 saturated carbocycles. The van der Waals surface area contributed by atoms with Crippen molar-refractivity contribution in [2.45, 2.75) is 22.5 Å². The molecular weight excluding hydrogens is 296 g/mol. The van der Waals surface area contributed by atoms with E-state index in [0.29, 0.717) is 5.75 Å². The second-order valence-electron chi connectivity index (χ2n) is 4.05. The third-order valence-electron chi connectivity index (χ3n) is 2.72. The summed E-state index contributed by atoms with van der Waals surface area (Å²) in [6.07, 6.45) is 1.97. The lowest BCUT2D eigenvalue weighted by Gasteiger charge is -2.03. The molecule has 0 radical (unpaired) electrons. The zero-order valence-corrected chi connectivity index (χ0v) is 13.4. The van der Waals surface area contributed by atoms with Crippen LogP contribution in [0, 0.1) is 13.8 Å². The summed E-state index contributed by atoms with van der Waals surface area (Å²) in [5, 5.41) is 8.05. The lowest BCUT2D eigenvalue weighted by atomic mass is 10.0.